The van der Waals surface area contributed by atoms with Crippen molar-refractivity contribution in [3.8, 4) is 0 Å². The van der Waals surface area contributed by atoms with Gasteiger partial charge in [0.25, 0.3) is 0 Å². The molecule has 0 aliphatic carbocycles. The van der Waals surface area contributed by atoms with E-state index in [-0.39, 0.29) is 6.04 Å². The summed E-state index contributed by atoms with van der Waals surface area (Å²) < 4.78 is 1.93. The lowest BCUT2D eigenvalue weighted by atomic mass is 10.00. The maximum Gasteiger partial charge on any atom is 0.0538 e. The van der Waals surface area contributed by atoms with Gasteiger partial charge in [-0.25, -0.2) is 0 Å². The van der Waals surface area contributed by atoms with E-state index < -0.39 is 0 Å². The largest absolute Gasteiger partial charge is 0.323 e. The maximum absolute atomic E-state index is 6.37. The molecule has 0 amide bonds. The van der Waals surface area contributed by atoms with Gasteiger partial charge < -0.3 is 10.6 Å². The number of nitrogens with two attached hydrogens (primary N) is 1. The maximum atomic E-state index is 6.37. The van der Waals surface area contributed by atoms with Crippen LogP contribution in [0.4, 0.5) is 0 Å². The highest BCUT2D eigenvalue weighted by atomic mass is 15.3. The number of aryl methyl sites for hydroxylation is 1. The topological polar surface area (TPSA) is 50.3 Å². The predicted octanol–water partition coefficient (Wildman–Crippen LogP) is 0.149. The van der Waals surface area contributed by atoms with E-state index in [0.717, 1.165) is 31.7 Å². The normalized spacial score (nSPS) is 25.1. The fourth-order valence-corrected chi connectivity index (χ4v) is 2.38. The van der Waals surface area contributed by atoms with Crippen molar-refractivity contribution in [2.45, 2.75) is 25.6 Å². The molecule has 2 rings (SSSR count). The highest BCUT2D eigenvalue weighted by Crippen LogP contribution is 2.20. The van der Waals surface area contributed by atoms with Crippen molar-refractivity contribution in [1.29, 1.82) is 0 Å². The van der Waals surface area contributed by atoms with Crippen LogP contribution in [0.25, 0.3) is 0 Å². The van der Waals surface area contributed by atoms with E-state index in [4.69, 9.17) is 5.73 Å². The smallest absolute Gasteiger partial charge is 0.0538 e. The molecular weight excluding hydrogens is 214 g/mol. The standard InChI is InChI=1S/C12H23N5/c1-4-17-8-10(7-14-17)12(13)11-9-15(2)5-6-16(11)3/h7-8,11-12H,4-6,9,13H2,1-3H3. The van der Waals surface area contributed by atoms with E-state index in [1.165, 1.54) is 0 Å². The molecule has 1 aromatic heterocycles. The molecule has 2 atom stereocenters. The summed E-state index contributed by atoms with van der Waals surface area (Å²) in [5.74, 6) is 0. The number of piperazine rings is 1. The van der Waals surface area contributed by atoms with Crippen LogP contribution in [0.2, 0.25) is 0 Å². The van der Waals surface area contributed by atoms with Crippen LogP contribution in [-0.4, -0.2) is 59.4 Å². The van der Waals surface area contributed by atoms with Gasteiger partial charge in [0.05, 0.1) is 6.20 Å². The summed E-state index contributed by atoms with van der Waals surface area (Å²) in [4.78, 5) is 4.70. The number of aromatic nitrogens is 2. The molecule has 1 aromatic rings. The minimum absolute atomic E-state index is 0.0445. The third-order valence-electron chi connectivity index (χ3n) is 3.68. The van der Waals surface area contributed by atoms with Gasteiger partial charge in [-0.05, 0) is 21.0 Å². The number of hydrogen-bond donors (Lipinski definition) is 1. The predicted molar refractivity (Wildman–Crippen MR) is 68.7 cm³/mol. The third kappa shape index (κ3) is 2.68. The van der Waals surface area contributed by atoms with Crippen LogP contribution in [-0.2, 0) is 6.54 Å². The van der Waals surface area contributed by atoms with Gasteiger partial charge in [0, 0.05) is 50.0 Å². The van der Waals surface area contributed by atoms with Crippen molar-refractivity contribution in [2.75, 3.05) is 33.7 Å². The average Bonchev–Trinajstić information content (AvgIpc) is 2.80. The van der Waals surface area contributed by atoms with Gasteiger partial charge in [0.1, 0.15) is 0 Å². The second kappa shape index (κ2) is 5.16. The number of nitrogens with zero attached hydrogens (tertiary/aromatic N) is 4. The summed E-state index contributed by atoms with van der Waals surface area (Å²) in [6, 6.07) is 0.423. The van der Waals surface area contributed by atoms with E-state index in [2.05, 4.69) is 42.1 Å². The first-order valence-electron chi connectivity index (χ1n) is 6.28. The second-order valence-corrected chi connectivity index (χ2v) is 4.97. The van der Waals surface area contributed by atoms with Gasteiger partial charge in [-0.15, -0.1) is 0 Å². The van der Waals surface area contributed by atoms with Gasteiger partial charge in [-0.2, -0.15) is 5.10 Å². The van der Waals surface area contributed by atoms with E-state index in [1.54, 1.807) is 0 Å². The minimum atomic E-state index is 0.0445. The monoisotopic (exact) mass is 237 g/mol. The Hall–Kier alpha value is -0.910. The molecule has 0 bridgehead atoms. The van der Waals surface area contributed by atoms with Crippen molar-refractivity contribution in [3.05, 3.63) is 18.0 Å². The van der Waals surface area contributed by atoms with Crippen molar-refractivity contribution in [3.63, 3.8) is 0 Å². The van der Waals surface area contributed by atoms with Crippen molar-refractivity contribution in [1.82, 2.24) is 19.6 Å². The van der Waals surface area contributed by atoms with Crippen LogP contribution >= 0.6 is 0 Å². The van der Waals surface area contributed by atoms with Crippen molar-refractivity contribution in [2.24, 2.45) is 5.73 Å². The Bertz CT molecular complexity index is 362. The fraction of sp³-hybridized carbons (Fsp3) is 0.750. The van der Waals surface area contributed by atoms with Gasteiger partial charge >= 0.3 is 0 Å². The highest BCUT2D eigenvalue weighted by molar-refractivity contribution is 5.13. The number of rotatable bonds is 3. The molecule has 1 saturated heterocycles. The molecule has 1 fully saturated rings. The average molecular weight is 237 g/mol. The molecule has 2 unspecified atom stereocenters. The van der Waals surface area contributed by atoms with Crippen LogP contribution in [0, 0.1) is 0 Å². The summed E-state index contributed by atoms with van der Waals surface area (Å²) in [5, 5.41) is 4.30. The highest BCUT2D eigenvalue weighted by Gasteiger charge is 2.29. The molecule has 1 aliphatic heterocycles. The third-order valence-corrected chi connectivity index (χ3v) is 3.68. The quantitative estimate of drug-likeness (QED) is 0.813. The molecule has 0 radical (unpaired) electrons. The van der Waals surface area contributed by atoms with Crippen LogP contribution in [0.15, 0.2) is 12.4 Å². The Morgan fingerprint density at radius 1 is 1.47 bits per heavy atom. The van der Waals surface area contributed by atoms with Crippen LogP contribution in [0.1, 0.15) is 18.5 Å². The van der Waals surface area contributed by atoms with Gasteiger partial charge in [-0.3, -0.25) is 9.58 Å². The van der Waals surface area contributed by atoms with E-state index in [9.17, 15) is 0 Å². The zero-order valence-electron chi connectivity index (χ0n) is 11.0. The summed E-state index contributed by atoms with van der Waals surface area (Å²) >= 11 is 0. The van der Waals surface area contributed by atoms with Crippen molar-refractivity contribution >= 4 is 0 Å². The molecule has 1 aliphatic rings. The number of hydrogen-bond acceptors (Lipinski definition) is 4. The summed E-state index contributed by atoms with van der Waals surface area (Å²) in [7, 11) is 4.31. The lowest BCUT2D eigenvalue weighted by Crippen LogP contribution is -2.54. The Kier molecular flexibility index (Phi) is 3.81. The van der Waals surface area contributed by atoms with Crippen molar-refractivity contribution < 1.29 is 0 Å². The molecule has 0 spiro atoms. The van der Waals surface area contributed by atoms with Gasteiger partial charge in [0.15, 0.2) is 0 Å². The lowest BCUT2D eigenvalue weighted by Gasteiger charge is -2.40. The molecular formula is C12H23N5. The van der Waals surface area contributed by atoms with E-state index >= 15 is 0 Å². The first-order chi connectivity index (χ1) is 8.11. The van der Waals surface area contributed by atoms with E-state index in [0.29, 0.717) is 6.04 Å². The molecule has 2 N–H and O–H groups in total. The Labute approximate surface area is 103 Å². The van der Waals surface area contributed by atoms with Crippen LogP contribution in [0.3, 0.4) is 0 Å². The van der Waals surface area contributed by atoms with E-state index in [1.807, 2.05) is 10.9 Å². The second-order valence-electron chi connectivity index (χ2n) is 4.97. The van der Waals surface area contributed by atoms with Gasteiger partial charge in [0.2, 0.25) is 0 Å². The number of likely N-dealkylation sites (N-methyl/N-ethyl adjacent to an activating group) is 2. The minimum Gasteiger partial charge on any atom is -0.323 e. The first kappa shape index (κ1) is 12.5. The molecule has 5 heteroatoms. The summed E-state index contributed by atoms with van der Waals surface area (Å²) in [6.45, 7) is 6.20. The Morgan fingerprint density at radius 3 is 2.88 bits per heavy atom. The Balaban J connectivity index is 2.09. The lowest BCUT2D eigenvalue weighted by molar-refractivity contribution is 0.0974. The summed E-state index contributed by atoms with van der Waals surface area (Å²) in [6.07, 6.45) is 3.96. The molecule has 5 nitrogen and oxygen atoms in total. The van der Waals surface area contributed by atoms with Gasteiger partial charge in [-0.1, -0.05) is 0 Å². The SMILES string of the molecule is CCn1cc(C(N)C2CN(C)CCN2C)cn1. The zero-order chi connectivity index (χ0) is 12.4. The first-order valence-corrected chi connectivity index (χ1v) is 6.28. The summed E-state index contributed by atoms with van der Waals surface area (Å²) in [5.41, 5.74) is 7.51. The zero-order valence-corrected chi connectivity index (χ0v) is 11.0. The van der Waals surface area contributed by atoms with Crippen LogP contribution < -0.4 is 5.73 Å². The molecule has 96 valence electrons. The fourth-order valence-electron chi connectivity index (χ4n) is 2.38. The molecule has 17 heavy (non-hydrogen) atoms. The molecule has 0 aromatic carbocycles. The van der Waals surface area contributed by atoms with Crippen LogP contribution in [0.5, 0.6) is 0 Å². The molecule has 0 saturated carbocycles. The Morgan fingerprint density at radius 2 is 2.24 bits per heavy atom. The molecule has 2 heterocycles.